The molecule has 1 aliphatic rings. The Balaban J connectivity index is 1.85. The smallest absolute Gasteiger partial charge is 0.232 e. The van der Waals surface area contributed by atoms with E-state index in [9.17, 15) is 0 Å². The van der Waals surface area contributed by atoms with Gasteiger partial charge in [-0.25, -0.2) is 0 Å². The van der Waals surface area contributed by atoms with Crippen molar-refractivity contribution >= 4 is 11.3 Å². The Bertz CT molecular complexity index is 507. The van der Waals surface area contributed by atoms with E-state index in [1.165, 1.54) is 0 Å². The van der Waals surface area contributed by atoms with Crippen molar-refractivity contribution in [3.8, 4) is 10.7 Å². The molecule has 2 aromatic rings. The molecule has 5 heteroatoms. The first-order valence-corrected chi connectivity index (χ1v) is 7.13. The first-order chi connectivity index (χ1) is 8.75. The normalized spacial score (nSPS) is 23.9. The Morgan fingerprint density at radius 3 is 3.06 bits per heavy atom. The van der Waals surface area contributed by atoms with Crippen LogP contribution in [0.3, 0.4) is 0 Å². The lowest BCUT2D eigenvalue weighted by Crippen LogP contribution is -2.21. The van der Waals surface area contributed by atoms with Gasteiger partial charge in [-0.1, -0.05) is 25.1 Å². The second-order valence-electron chi connectivity index (χ2n) is 4.91. The van der Waals surface area contributed by atoms with E-state index in [4.69, 9.17) is 9.26 Å². The van der Waals surface area contributed by atoms with Gasteiger partial charge in [0.05, 0.1) is 16.9 Å². The van der Waals surface area contributed by atoms with Crippen molar-refractivity contribution in [2.75, 3.05) is 6.61 Å². The summed E-state index contributed by atoms with van der Waals surface area (Å²) in [5.74, 6) is 2.12. The molecule has 0 spiro atoms. The van der Waals surface area contributed by atoms with E-state index in [2.05, 4.69) is 24.0 Å². The van der Waals surface area contributed by atoms with Gasteiger partial charge in [-0.2, -0.15) is 4.98 Å². The molecule has 0 bridgehead atoms. The minimum atomic E-state index is 0.196. The largest absolute Gasteiger partial charge is 0.377 e. The van der Waals surface area contributed by atoms with Gasteiger partial charge < -0.3 is 9.26 Å². The van der Waals surface area contributed by atoms with Gasteiger partial charge in [0.15, 0.2) is 0 Å². The Morgan fingerprint density at radius 1 is 1.44 bits per heavy atom. The molecule has 3 heterocycles. The van der Waals surface area contributed by atoms with Crippen molar-refractivity contribution in [2.45, 2.75) is 32.3 Å². The summed E-state index contributed by atoms with van der Waals surface area (Å²) in [4.78, 5) is 5.57. The van der Waals surface area contributed by atoms with Gasteiger partial charge >= 0.3 is 0 Å². The Labute approximate surface area is 110 Å². The van der Waals surface area contributed by atoms with Crippen molar-refractivity contribution in [3.63, 3.8) is 0 Å². The van der Waals surface area contributed by atoms with E-state index in [0.29, 0.717) is 11.7 Å². The maximum Gasteiger partial charge on any atom is 0.232 e. The predicted molar refractivity (Wildman–Crippen MR) is 69.5 cm³/mol. The molecule has 0 radical (unpaired) electrons. The average Bonchev–Trinajstić information content (AvgIpc) is 3.10. The second kappa shape index (κ2) is 4.82. The molecule has 0 aliphatic carbocycles. The number of hydrogen-bond acceptors (Lipinski definition) is 5. The van der Waals surface area contributed by atoms with Crippen molar-refractivity contribution in [3.05, 3.63) is 23.4 Å². The van der Waals surface area contributed by atoms with Gasteiger partial charge in [0.25, 0.3) is 0 Å². The Kier molecular flexibility index (Phi) is 3.18. The number of rotatable bonds is 3. The van der Waals surface area contributed by atoms with Crippen LogP contribution in [0.1, 0.15) is 32.1 Å². The molecule has 0 amide bonds. The molecular formula is C13H16N2O2S. The van der Waals surface area contributed by atoms with Gasteiger partial charge in [-0.3, -0.25) is 0 Å². The molecule has 96 valence electrons. The van der Waals surface area contributed by atoms with E-state index in [0.717, 1.165) is 23.8 Å². The monoisotopic (exact) mass is 264 g/mol. The van der Waals surface area contributed by atoms with Crippen LogP contribution in [0, 0.1) is 5.92 Å². The van der Waals surface area contributed by atoms with Gasteiger partial charge in [-0.15, -0.1) is 11.3 Å². The van der Waals surface area contributed by atoms with Crippen LogP contribution in [-0.2, 0) is 4.74 Å². The van der Waals surface area contributed by atoms with E-state index in [1.807, 2.05) is 17.5 Å². The van der Waals surface area contributed by atoms with Gasteiger partial charge in [0, 0.05) is 6.61 Å². The van der Waals surface area contributed by atoms with Crippen LogP contribution in [0.4, 0.5) is 0 Å². The van der Waals surface area contributed by atoms with Crippen molar-refractivity contribution in [1.29, 1.82) is 0 Å². The zero-order chi connectivity index (χ0) is 12.5. The standard InChI is InChI=1S/C13H16N2O2S/c1-8(2)11-9(5-6-16-11)13-14-12(15-17-13)10-4-3-7-18-10/h3-4,7-9,11H,5-6H2,1-2H3/t9-,11-/m1/s1. The molecule has 0 unspecified atom stereocenters. The SMILES string of the molecule is CC(C)[C@H]1OCC[C@H]1c1nc(-c2cccs2)no1. The summed E-state index contributed by atoms with van der Waals surface area (Å²) < 4.78 is 11.2. The lowest BCUT2D eigenvalue weighted by molar-refractivity contribution is 0.0627. The topological polar surface area (TPSA) is 48.2 Å². The number of nitrogens with zero attached hydrogens (tertiary/aromatic N) is 2. The molecule has 2 aromatic heterocycles. The number of aromatic nitrogens is 2. The third-order valence-electron chi connectivity index (χ3n) is 3.29. The van der Waals surface area contributed by atoms with E-state index >= 15 is 0 Å². The molecule has 0 aromatic carbocycles. The van der Waals surface area contributed by atoms with Gasteiger partial charge in [-0.05, 0) is 23.8 Å². The molecule has 1 saturated heterocycles. The highest BCUT2D eigenvalue weighted by Gasteiger charge is 2.35. The second-order valence-corrected chi connectivity index (χ2v) is 5.86. The van der Waals surface area contributed by atoms with Crippen molar-refractivity contribution < 1.29 is 9.26 Å². The minimum absolute atomic E-state index is 0.196. The highest BCUT2D eigenvalue weighted by Crippen LogP contribution is 2.35. The van der Waals surface area contributed by atoms with Crippen LogP contribution in [0.15, 0.2) is 22.0 Å². The lowest BCUT2D eigenvalue weighted by Gasteiger charge is -2.18. The summed E-state index contributed by atoms with van der Waals surface area (Å²) in [5, 5.41) is 6.08. The van der Waals surface area contributed by atoms with E-state index in [-0.39, 0.29) is 12.0 Å². The summed E-state index contributed by atoms with van der Waals surface area (Å²) in [6, 6.07) is 4.00. The predicted octanol–water partition coefficient (Wildman–Crippen LogP) is 3.33. The summed E-state index contributed by atoms with van der Waals surface area (Å²) in [7, 11) is 0. The Hall–Kier alpha value is -1.20. The third-order valence-corrected chi connectivity index (χ3v) is 4.16. The summed E-state index contributed by atoms with van der Waals surface area (Å²) in [5.41, 5.74) is 0. The van der Waals surface area contributed by atoms with Crippen LogP contribution < -0.4 is 0 Å². The zero-order valence-corrected chi connectivity index (χ0v) is 11.3. The zero-order valence-electron chi connectivity index (χ0n) is 10.5. The summed E-state index contributed by atoms with van der Waals surface area (Å²) in [6.07, 6.45) is 1.16. The maximum absolute atomic E-state index is 5.76. The number of ether oxygens (including phenoxy) is 1. The molecule has 18 heavy (non-hydrogen) atoms. The number of hydrogen-bond donors (Lipinski definition) is 0. The first kappa shape index (κ1) is 11.9. The third kappa shape index (κ3) is 2.08. The van der Waals surface area contributed by atoms with Crippen molar-refractivity contribution in [1.82, 2.24) is 10.1 Å². The number of thiophene rings is 1. The maximum atomic E-state index is 5.76. The Morgan fingerprint density at radius 2 is 2.33 bits per heavy atom. The fourth-order valence-electron chi connectivity index (χ4n) is 2.42. The quantitative estimate of drug-likeness (QED) is 0.853. The molecule has 0 saturated carbocycles. The minimum Gasteiger partial charge on any atom is -0.377 e. The molecule has 0 N–H and O–H groups in total. The molecule has 3 rings (SSSR count). The summed E-state index contributed by atoms with van der Waals surface area (Å²) in [6.45, 7) is 5.11. The summed E-state index contributed by atoms with van der Waals surface area (Å²) >= 11 is 1.62. The van der Waals surface area contributed by atoms with Crippen LogP contribution >= 0.6 is 11.3 Å². The highest BCUT2D eigenvalue weighted by molar-refractivity contribution is 7.13. The first-order valence-electron chi connectivity index (χ1n) is 6.25. The van der Waals surface area contributed by atoms with Crippen LogP contribution in [-0.4, -0.2) is 22.9 Å². The van der Waals surface area contributed by atoms with E-state index in [1.54, 1.807) is 11.3 Å². The lowest BCUT2D eigenvalue weighted by atomic mass is 9.93. The average molecular weight is 264 g/mol. The van der Waals surface area contributed by atoms with Crippen LogP contribution in [0.25, 0.3) is 10.7 Å². The van der Waals surface area contributed by atoms with Gasteiger partial charge in [0.1, 0.15) is 0 Å². The van der Waals surface area contributed by atoms with E-state index < -0.39 is 0 Å². The molecule has 2 atom stereocenters. The molecule has 1 aliphatic heterocycles. The van der Waals surface area contributed by atoms with Crippen LogP contribution in [0.2, 0.25) is 0 Å². The molecular weight excluding hydrogens is 248 g/mol. The van der Waals surface area contributed by atoms with Crippen molar-refractivity contribution in [2.24, 2.45) is 5.92 Å². The highest BCUT2D eigenvalue weighted by atomic mass is 32.1. The fourth-order valence-corrected chi connectivity index (χ4v) is 3.07. The van der Waals surface area contributed by atoms with Crippen LogP contribution in [0.5, 0.6) is 0 Å². The molecule has 1 fully saturated rings. The fraction of sp³-hybridized carbons (Fsp3) is 0.538. The van der Waals surface area contributed by atoms with Gasteiger partial charge in [0.2, 0.25) is 11.7 Å². The molecule has 4 nitrogen and oxygen atoms in total.